The lowest BCUT2D eigenvalue weighted by Gasteiger charge is -2.38. The van der Waals surface area contributed by atoms with Crippen LogP contribution >= 0.6 is 0 Å². The Balaban J connectivity index is 1.20. The Kier molecular flexibility index (Phi) is 9.18. The van der Waals surface area contributed by atoms with Crippen LogP contribution in [0.4, 0.5) is 15.8 Å². The standard InChI is InChI=1S/C27H39FN4O4/c1-2-3-16-36-27(35)20-10-12-31(13-11-20)18-19-8-14-32(15-9-19)24-6-4-21(17-22(24)28)29-23-5-7-25(33)30-26(23)34/h4,6,17,19-20,23,29H,2-3,5,7-16,18H2,1H3,(H,30,33,34). The van der Waals surface area contributed by atoms with Gasteiger partial charge in [0.1, 0.15) is 11.9 Å². The van der Waals surface area contributed by atoms with Crippen molar-refractivity contribution in [2.75, 3.05) is 49.5 Å². The van der Waals surface area contributed by atoms with Gasteiger partial charge in [-0.3, -0.25) is 19.7 Å². The van der Waals surface area contributed by atoms with Gasteiger partial charge in [0.2, 0.25) is 11.8 Å². The fourth-order valence-electron chi connectivity index (χ4n) is 5.39. The lowest BCUT2D eigenvalue weighted by atomic mass is 9.92. The molecule has 2 N–H and O–H groups in total. The van der Waals surface area contributed by atoms with Crippen LogP contribution in [0.3, 0.4) is 0 Å². The lowest BCUT2D eigenvalue weighted by molar-refractivity contribution is -0.150. The number of hydrogen-bond acceptors (Lipinski definition) is 7. The number of ether oxygens (including phenoxy) is 1. The Morgan fingerprint density at radius 3 is 2.53 bits per heavy atom. The van der Waals surface area contributed by atoms with Crippen molar-refractivity contribution in [1.82, 2.24) is 10.2 Å². The summed E-state index contributed by atoms with van der Waals surface area (Å²) in [6.45, 7) is 7.14. The number of imide groups is 1. The minimum atomic E-state index is -0.527. The number of benzene rings is 1. The molecule has 0 aromatic heterocycles. The smallest absolute Gasteiger partial charge is 0.309 e. The molecule has 3 fully saturated rings. The normalized spacial score (nSPS) is 22.4. The fraction of sp³-hybridized carbons (Fsp3) is 0.667. The molecule has 3 aliphatic rings. The van der Waals surface area contributed by atoms with Gasteiger partial charge in [-0.15, -0.1) is 0 Å². The first kappa shape index (κ1) is 26.4. The number of piperidine rings is 3. The van der Waals surface area contributed by atoms with Crippen molar-refractivity contribution in [1.29, 1.82) is 0 Å². The largest absolute Gasteiger partial charge is 0.465 e. The highest BCUT2D eigenvalue weighted by atomic mass is 19.1. The maximum Gasteiger partial charge on any atom is 0.309 e. The number of halogens is 1. The van der Waals surface area contributed by atoms with Crippen LogP contribution < -0.4 is 15.5 Å². The zero-order valence-electron chi connectivity index (χ0n) is 21.3. The lowest BCUT2D eigenvalue weighted by Crippen LogP contribution is -2.47. The molecule has 1 unspecified atom stereocenters. The van der Waals surface area contributed by atoms with Gasteiger partial charge in [-0.1, -0.05) is 13.3 Å². The highest BCUT2D eigenvalue weighted by Crippen LogP contribution is 2.29. The van der Waals surface area contributed by atoms with Crippen molar-refractivity contribution in [3.8, 4) is 0 Å². The van der Waals surface area contributed by atoms with Crippen LogP contribution in [0, 0.1) is 17.7 Å². The minimum absolute atomic E-state index is 0.0308. The number of nitrogens with one attached hydrogen (secondary N) is 2. The maximum absolute atomic E-state index is 14.9. The second-order valence-electron chi connectivity index (χ2n) is 10.3. The summed E-state index contributed by atoms with van der Waals surface area (Å²) in [5, 5.41) is 5.35. The van der Waals surface area contributed by atoms with Gasteiger partial charge in [-0.2, -0.15) is 0 Å². The van der Waals surface area contributed by atoms with E-state index in [1.807, 2.05) is 0 Å². The molecule has 3 heterocycles. The fourth-order valence-corrected chi connectivity index (χ4v) is 5.39. The molecule has 3 aliphatic heterocycles. The average molecular weight is 503 g/mol. The summed E-state index contributed by atoms with van der Waals surface area (Å²) in [7, 11) is 0. The molecule has 0 saturated carbocycles. The van der Waals surface area contributed by atoms with Crippen LogP contribution in [0.2, 0.25) is 0 Å². The van der Waals surface area contributed by atoms with Gasteiger partial charge in [0.05, 0.1) is 18.2 Å². The van der Waals surface area contributed by atoms with Crippen molar-refractivity contribution in [3.05, 3.63) is 24.0 Å². The number of nitrogens with zero attached hydrogens (tertiary/aromatic N) is 2. The van der Waals surface area contributed by atoms with E-state index in [-0.39, 0.29) is 35.9 Å². The first-order valence-electron chi connectivity index (χ1n) is 13.5. The molecule has 1 aromatic rings. The van der Waals surface area contributed by atoms with E-state index in [1.54, 1.807) is 12.1 Å². The predicted molar refractivity (Wildman–Crippen MR) is 136 cm³/mol. The second kappa shape index (κ2) is 12.5. The summed E-state index contributed by atoms with van der Waals surface area (Å²) in [4.78, 5) is 40.0. The zero-order chi connectivity index (χ0) is 25.5. The second-order valence-corrected chi connectivity index (χ2v) is 10.3. The average Bonchev–Trinajstić information content (AvgIpc) is 2.87. The SMILES string of the molecule is CCCCOC(=O)C1CCN(CC2CCN(c3ccc(NC4CCC(=O)NC4=O)cc3F)CC2)CC1. The van der Waals surface area contributed by atoms with E-state index in [2.05, 4.69) is 27.4 Å². The number of carbonyl (C=O) groups excluding carboxylic acids is 3. The van der Waals surface area contributed by atoms with E-state index < -0.39 is 6.04 Å². The molecule has 1 atom stereocenters. The summed E-state index contributed by atoms with van der Waals surface area (Å²) in [6, 6.07) is 4.48. The molecule has 1 aromatic carbocycles. The highest BCUT2D eigenvalue weighted by Gasteiger charge is 2.29. The first-order valence-corrected chi connectivity index (χ1v) is 13.5. The quantitative estimate of drug-likeness (QED) is 0.304. The van der Waals surface area contributed by atoms with Crippen molar-refractivity contribution >= 4 is 29.2 Å². The molecule has 0 spiro atoms. The van der Waals surface area contributed by atoms with E-state index >= 15 is 0 Å². The van der Waals surface area contributed by atoms with E-state index in [0.29, 0.717) is 30.3 Å². The van der Waals surface area contributed by atoms with E-state index in [4.69, 9.17) is 4.74 Å². The predicted octanol–water partition coefficient (Wildman–Crippen LogP) is 3.31. The summed E-state index contributed by atoms with van der Waals surface area (Å²) in [5.74, 6) is -0.361. The van der Waals surface area contributed by atoms with Crippen molar-refractivity contribution in [2.45, 2.75) is 64.3 Å². The number of rotatable bonds is 9. The third-order valence-corrected chi connectivity index (χ3v) is 7.66. The Morgan fingerprint density at radius 2 is 1.86 bits per heavy atom. The van der Waals surface area contributed by atoms with E-state index in [0.717, 1.165) is 71.2 Å². The Labute approximate surface area is 212 Å². The molecule has 0 bridgehead atoms. The number of unbranched alkanes of at least 4 members (excludes halogenated alkanes) is 1. The topological polar surface area (TPSA) is 91.0 Å². The number of amides is 2. The summed E-state index contributed by atoms with van der Waals surface area (Å²) in [6.07, 6.45) is 6.40. The third-order valence-electron chi connectivity index (χ3n) is 7.66. The van der Waals surface area contributed by atoms with Crippen molar-refractivity contribution in [3.63, 3.8) is 0 Å². The first-order chi connectivity index (χ1) is 17.4. The minimum Gasteiger partial charge on any atom is -0.465 e. The molecule has 2 amide bonds. The third kappa shape index (κ3) is 6.96. The molecule has 0 aliphatic carbocycles. The van der Waals surface area contributed by atoms with Gasteiger partial charge in [0.15, 0.2) is 0 Å². The molecule has 4 rings (SSSR count). The molecule has 8 nitrogen and oxygen atoms in total. The van der Waals surface area contributed by atoms with E-state index in [9.17, 15) is 18.8 Å². The van der Waals surface area contributed by atoms with Gasteiger partial charge >= 0.3 is 5.97 Å². The molecule has 3 saturated heterocycles. The van der Waals surface area contributed by atoms with Gasteiger partial charge in [-0.05, 0) is 75.7 Å². The number of hydrogen-bond donors (Lipinski definition) is 2. The monoisotopic (exact) mass is 502 g/mol. The van der Waals surface area contributed by atoms with Gasteiger partial charge in [0.25, 0.3) is 0 Å². The molecule has 0 radical (unpaired) electrons. The molecular weight excluding hydrogens is 463 g/mol. The van der Waals surface area contributed by atoms with Crippen LogP contribution in [0.25, 0.3) is 0 Å². The zero-order valence-corrected chi connectivity index (χ0v) is 21.3. The van der Waals surface area contributed by atoms with E-state index in [1.165, 1.54) is 6.07 Å². The number of esters is 1. The maximum atomic E-state index is 14.9. The van der Waals surface area contributed by atoms with Crippen LogP contribution in [-0.4, -0.2) is 68.1 Å². The van der Waals surface area contributed by atoms with Gasteiger partial charge < -0.3 is 19.9 Å². The Bertz CT molecular complexity index is 926. The van der Waals surface area contributed by atoms with Crippen LogP contribution in [-0.2, 0) is 19.1 Å². The van der Waals surface area contributed by atoms with Crippen molar-refractivity contribution in [2.24, 2.45) is 11.8 Å². The number of carbonyl (C=O) groups is 3. The van der Waals surface area contributed by atoms with Crippen molar-refractivity contribution < 1.29 is 23.5 Å². The Morgan fingerprint density at radius 1 is 1.11 bits per heavy atom. The van der Waals surface area contributed by atoms with Crippen LogP contribution in [0.15, 0.2) is 18.2 Å². The van der Waals surface area contributed by atoms with Gasteiger partial charge in [-0.25, -0.2) is 4.39 Å². The number of likely N-dealkylation sites (tertiary alicyclic amines) is 1. The summed E-state index contributed by atoms with van der Waals surface area (Å²) < 4.78 is 20.3. The highest BCUT2D eigenvalue weighted by molar-refractivity contribution is 6.01. The van der Waals surface area contributed by atoms with Crippen LogP contribution in [0.1, 0.15) is 58.3 Å². The Hall–Kier alpha value is -2.68. The molecule has 198 valence electrons. The van der Waals surface area contributed by atoms with Gasteiger partial charge in [0, 0.05) is 31.7 Å². The summed E-state index contributed by atoms with van der Waals surface area (Å²) >= 11 is 0. The molecule has 36 heavy (non-hydrogen) atoms. The summed E-state index contributed by atoms with van der Waals surface area (Å²) in [5.41, 5.74) is 1.13. The molecule has 9 heteroatoms. The molecular formula is C27H39FN4O4. The number of anilines is 2. The van der Waals surface area contributed by atoms with Crippen LogP contribution in [0.5, 0.6) is 0 Å².